The summed E-state index contributed by atoms with van der Waals surface area (Å²) in [4.78, 5) is 23.4. The van der Waals surface area contributed by atoms with E-state index in [1.165, 1.54) is 26.2 Å². The zero-order valence-corrected chi connectivity index (χ0v) is 14.0. The molecule has 2 N–H and O–H groups in total. The predicted octanol–water partition coefficient (Wildman–Crippen LogP) is 3.81. The number of hydrogen-bond acceptors (Lipinski definition) is 3. The third-order valence-corrected chi connectivity index (χ3v) is 3.35. The minimum absolute atomic E-state index is 0.156. The third-order valence-electron chi connectivity index (χ3n) is 2.89. The number of anilines is 2. The third kappa shape index (κ3) is 4.53. The summed E-state index contributed by atoms with van der Waals surface area (Å²) in [5, 5.41) is 5.26. The number of amides is 2. The number of nitrogens with one attached hydrogen (secondary N) is 2. The van der Waals surface area contributed by atoms with Crippen LogP contribution in [0.25, 0.3) is 0 Å². The molecule has 0 saturated carbocycles. The molecule has 0 bridgehead atoms. The van der Waals surface area contributed by atoms with E-state index in [1.54, 1.807) is 18.2 Å². The van der Waals surface area contributed by atoms with Gasteiger partial charge in [0, 0.05) is 22.6 Å². The fourth-order valence-corrected chi connectivity index (χ4v) is 2.43. The first kappa shape index (κ1) is 17.0. The Bertz CT molecular complexity index is 745. The Morgan fingerprint density at radius 2 is 1.87 bits per heavy atom. The SMILES string of the molecule is COc1ccc(NC(C)=O)cc1NC(=O)c1cc(F)cc(Br)c1. The number of carbonyl (C=O) groups is 2. The molecule has 23 heavy (non-hydrogen) atoms. The average molecular weight is 381 g/mol. The van der Waals surface area contributed by atoms with E-state index in [9.17, 15) is 14.0 Å². The molecule has 0 aromatic heterocycles. The maximum Gasteiger partial charge on any atom is 0.255 e. The summed E-state index contributed by atoms with van der Waals surface area (Å²) in [5.74, 6) is -0.837. The standard InChI is InChI=1S/C16H14BrFN2O3/c1-9(21)19-13-3-4-15(23-2)14(8-13)20-16(22)10-5-11(17)7-12(18)6-10/h3-8H,1-2H3,(H,19,21)(H,20,22). The Hall–Kier alpha value is -2.41. The summed E-state index contributed by atoms with van der Waals surface area (Å²) >= 11 is 3.14. The lowest BCUT2D eigenvalue weighted by atomic mass is 10.2. The van der Waals surface area contributed by atoms with Gasteiger partial charge in [-0.05, 0) is 36.4 Å². The summed E-state index contributed by atoms with van der Waals surface area (Å²) in [6.07, 6.45) is 0. The first-order valence-electron chi connectivity index (χ1n) is 6.62. The second-order valence-corrected chi connectivity index (χ2v) is 5.62. The second kappa shape index (κ2) is 7.23. The van der Waals surface area contributed by atoms with Crippen molar-refractivity contribution in [1.29, 1.82) is 0 Å². The maximum absolute atomic E-state index is 13.4. The van der Waals surface area contributed by atoms with Gasteiger partial charge in [-0.15, -0.1) is 0 Å². The molecule has 120 valence electrons. The molecule has 2 aromatic carbocycles. The van der Waals surface area contributed by atoms with Crippen molar-refractivity contribution < 1.29 is 18.7 Å². The minimum atomic E-state index is -0.525. The fourth-order valence-electron chi connectivity index (χ4n) is 1.97. The van der Waals surface area contributed by atoms with E-state index in [4.69, 9.17) is 4.74 Å². The molecule has 2 rings (SSSR count). The van der Waals surface area contributed by atoms with Gasteiger partial charge in [-0.1, -0.05) is 15.9 Å². The molecule has 0 aliphatic heterocycles. The van der Waals surface area contributed by atoms with E-state index >= 15 is 0 Å². The molecule has 0 aliphatic carbocycles. The van der Waals surface area contributed by atoms with Crippen LogP contribution < -0.4 is 15.4 Å². The van der Waals surface area contributed by atoms with Crippen molar-refractivity contribution in [2.24, 2.45) is 0 Å². The van der Waals surface area contributed by atoms with E-state index in [0.717, 1.165) is 6.07 Å². The van der Waals surface area contributed by atoms with Gasteiger partial charge in [-0.25, -0.2) is 4.39 Å². The van der Waals surface area contributed by atoms with Gasteiger partial charge >= 0.3 is 0 Å². The number of benzene rings is 2. The Labute approximate surface area is 141 Å². The highest BCUT2D eigenvalue weighted by Crippen LogP contribution is 2.28. The zero-order chi connectivity index (χ0) is 17.0. The van der Waals surface area contributed by atoms with Gasteiger partial charge in [0.05, 0.1) is 12.8 Å². The Morgan fingerprint density at radius 3 is 2.48 bits per heavy atom. The number of ether oxygens (including phenoxy) is 1. The lowest BCUT2D eigenvalue weighted by Crippen LogP contribution is -2.14. The van der Waals surface area contributed by atoms with E-state index in [-0.39, 0.29) is 11.5 Å². The monoisotopic (exact) mass is 380 g/mol. The van der Waals surface area contributed by atoms with Crippen LogP contribution in [0.4, 0.5) is 15.8 Å². The highest BCUT2D eigenvalue weighted by Gasteiger charge is 2.12. The topological polar surface area (TPSA) is 67.4 Å². The molecule has 0 spiro atoms. The number of halogens is 2. The van der Waals surface area contributed by atoms with Crippen molar-refractivity contribution in [3.8, 4) is 5.75 Å². The van der Waals surface area contributed by atoms with E-state index < -0.39 is 11.7 Å². The van der Waals surface area contributed by atoms with E-state index in [0.29, 0.717) is 21.6 Å². The fraction of sp³-hybridized carbons (Fsp3) is 0.125. The van der Waals surface area contributed by atoms with E-state index in [2.05, 4.69) is 26.6 Å². The van der Waals surface area contributed by atoms with Crippen molar-refractivity contribution in [2.75, 3.05) is 17.7 Å². The second-order valence-electron chi connectivity index (χ2n) is 4.71. The molecule has 0 atom stereocenters. The molecule has 5 nitrogen and oxygen atoms in total. The average Bonchev–Trinajstić information content (AvgIpc) is 2.46. The number of methoxy groups -OCH3 is 1. The maximum atomic E-state index is 13.4. The van der Waals surface area contributed by atoms with Crippen molar-refractivity contribution >= 4 is 39.1 Å². The lowest BCUT2D eigenvalue weighted by molar-refractivity contribution is -0.114. The van der Waals surface area contributed by atoms with Gasteiger partial charge in [-0.2, -0.15) is 0 Å². The molecular formula is C16H14BrFN2O3. The van der Waals surface area contributed by atoms with Crippen LogP contribution in [0.3, 0.4) is 0 Å². The summed E-state index contributed by atoms with van der Waals surface area (Å²) in [6.45, 7) is 1.38. The molecule has 2 aromatic rings. The van der Waals surface area contributed by atoms with Crippen molar-refractivity contribution in [3.63, 3.8) is 0 Å². The van der Waals surface area contributed by atoms with Gasteiger partial charge in [0.1, 0.15) is 11.6 Å². The van der Waals surface area contributed by atoms with Crippen LogP contribution in [-0.4, -0.2) is 18.9 Å². The van der Waals surface area contributed by atoms with Crippen LogP contribution in [0.1, 0.15) is 17.3 Å². The first-order chi connectivity index (χ1) is 10.9. The predicted molar refractivity (Wildman–Crippen MR) is 89.4 cm³/mol. The molecule has 0 fully saturated rings. The van der Waals surface area contributed by atoms with Crippen LogP contribution in [-0.2, 0) is 4.79 Å². The molecule has 0 saturated heterocycles. The summed E-state index contributed by atoms with van der Waals surface area (Å²) in [5.41, 5.74) is 1.03. The van der Waals surface area contributed by atoms with Crippen molar-refractivity contribution in [2.45, 2.75) is 6.92 Å². The molecule has 0 heterocycles. The Balaban J connectivity index is 2.30. The van der Waals surface area contributed by atoms with Crippen LogP contribution in [0, 0.1) is 5.82 Å². The number of hydrogen-bond donors (Lipinski definition) is 2. The quantitative estimate of drug-likeness (QED) is 0.847. The van der Waals surface area contributed by atoms with Crippen molar-refractivity contribution in [3.05, 3.63) is 52.3 Å². The number of rotatable bonds is 4. The summed E-state index contributed by atoms with van der Waals surface area (Å²) < 4.78 is 19.0. The minimum Gasteiger partial charge on any atom is -0.495 e. The van der Waals surface area contributed by atoms with Crippen LogP contribution >= 0.6 is 15.9 Å². The molecule has 7 heteroatoms. The smallest absolute Gasteiger partial charge is 0.255 e. The zero-order valence-electron chi connectivity index (χ0n) is 12.4. The normalized spacial score (nSPS) is 10.1. The molecule has 0 radical (unpaired) electrons. The van der Waals surface area contributed by atoms with Gasteiger partial charge < -0.3 is 15.4 Å². The van der Waals surface area contributed by atoms with Crippen LogP contribution in [0.2, 0.25) is 0 Å². The van der Waals surface area contributed by atoms with E-state index in [1.807, 2.05) is 0 Å². The Kier molecular flexibility index (Phi) is 5.33. The molecule has 2 amide bonds. The summed E-state index contributed by atoms with van der Waals surface area (Å²) in [6, 6.07) is 8.71. The largest absolute Gasteiger partial charge is 0.495 e. The van der Waals surface area contributed by atoms with Gasteiger partial charge in [0.2, 0.25) is 5.91 Å². The molecule has 0 aliphatic rings. The summed E-state index contributed by atoms with van der Waals surface area (Å²) in [7, 11) is 1.46. The van der Waals surface area contributed by atoms with Crippen LogP contribution in [0.15, 0.2) is 40.9 Å². The number of carbonyl (C=O) groups excluding carboxylic acids is 2. The Morgan fingerprint density at radius 1 is 1.13 bits per heavy atom. The van der Waals surface area contributed by atoms with Crippen LogP contribution in [0.5, 0.6) is 5.75 Å². The highest BCUT2D eigenvalue weighted by atomic mass is 79.9. The van der Waals surface area contributed by atoms with Crippen molar-refractivity contribution in [1.82, 2.24) is 0 Å². The molecular weight excluding hydrogens is 367 g/mol. The van der Waals surface area contributed by atoms with Gasteiger partial charge in [-0.3, -0.25) is 9.59 Å². The van der Waals surface area contributed by atoms with Gasteiger partial charge in [0.15, 0.2) is 0 Å². The lowest BCUT2D eigenvalue weighted by Gasteiger charge is -2.12. The highest BCUT2D eigenvalue weighted by molar-refractivity contribution is 9.10. The van der Waals surface area contributed by atoms with Gasteiger partial charge in [0.25, 0.3) is 5.91 Å². The first-order valence-corrected chi connectivity index (χ1v) is 7.41. The molecule has 0 unspecified atom stereocenters.